The van der Waals surface area contributed by atoms with Gasteiger partial charge in [-0.1, -0.05) is 24.3 Å². The van der Waals surface area contributed by atoms with Gasteiger partial charge in [-0.15, -0.1) is 0 Å². The molecular formula is C31H29N5O5. The van der Waals surface area contributed by atoms with Crippen LogP contribution in [-0.2, 0) is 24.4 Å². The van der Waals surface area contributed by atoms with E-state index in [1.807, 2.05) is 42.5 Å². The van der Waals surface area contributed by atoms with E-state index in [0.717, 1.165) is 66.2 Å². The van der Waals surface area contributed by atoms with Crippen molar-refractivity contribution in [1.29, 1.82) is 0 Å². The maximum absolute atomic E-state index is 11.6. The summed E-state index contributed by atoms with van der Waals surface area (Å²) in [4.78, 5) is 28.0. The lowest BCUT2D eigenvalue weighted by molar-refractivity contribution is -0.0591. The Morgan fingerprint density at radius 2 is 1.95 bits per heavy atom. The molecule has 1 saturated heterocycles. The fourth-order valence-electron chi connectivity index (χ4n) is 5.34. The number of pyridine rings is 1. The summed E-state index contributed by atoms with van der Waals surface area (Å²) < 4.78 is 19.5. The first-order valence-corrected chi connectivity index (χ1v) is 13.8. The number of benzene rings is 2. The third-order valence-electron chi connectivity index (χ3n) is 7.65. The Bertz CT molecular complexity index is 1740. The van der Waals surface area contributed by atoms with Crippen LogP contribution in [0.25, 0.3) is 27.7 Å². The molecule has 0 saturated carbocycles. The molecule has 1 N–H and O–H groups in total. The first-order valence-electron chi connectivity index (χ1n) is 13.8. The smallest absolute Gasteiger partial charge is 0.335 e. The van der Waals surface area contributed by atoms with Gasteiger partial charge in [0.05, 0.1) is 41.5 Å². The molecule has 10 nitrogen and oxygen atoms in total. The van der Waals surface area contributed by atoms with Crippen molar-refractivity contribution in [3.63, 3.8) is 0 Å². The summed E-state index contributed by atoms with van der Waals surface area (Å²) in [7, 11) is 0. The molecular weight excluding hydrogens is 522 g/mol. The second-order valence-corrected chi connectivity index (χ2v) is 10.4. The van der Waals surface area contributed by atoms with E-state index < -0.39 is 5.97 Å². The van der Waals surface area contributed by atoms with Crippen LogP contribution in [-0.4, -0.2) is 61.3 Å². The molecule has 0 radical (unpaired) electrons. The number of aromatic nitrogens is 4. The van der Waals surface area contributed by atoms with Gasteiger partial charge in [-0.3, -0.25) is 4.90 Å². The number of rotatable bonds is 9. The standard InChI is InChI=1S/C31H29N5O5/c37-31(38)21-8-9-24-26(16-21)36(17-22-12-15-39-22)28(32-24)18-35-13-10-20(11-14-35)23-5-3-7-29(33-23)40-19-30-34-25-4-1-2-6-27(25)41-30/h1-10,16,22H,11-15,17-19H2,(H,37,38)/t22-/m0/s1. The van der Waals surface area contributed by atoms with Gasteiger partial charge in [0.2, 0.25) is 11.8 Å². The molecule has 2 aliphatic rings. The largest absolute Gasteiger partial charge is 0.478 e. The Morgan fingerprint density at radius 1 is 1.05 bits per heavy atom. The van der Waals surface area contributed by atoms with E-state index in [-0.39, 0.29) is 18.3 Å². The van der Waals surface area contributed by atoms with Crippen molar-refractivity contribution in [2.45, 2.75) is 38.6 Å². The number of carboxylic acid groups (broad SMARTS) is 1. The van der Waals surface area contributed by atoms with E-state index in [2.05, 4.69) is 20.5 Å². The molecule has 208 valence electrons. The van der Waals surface area contributed by atoms with Crippen molar-refractivity contribution in [2.75, 3.05) is 19.7 Å². The molecule has 0 bridgehead atoms. The molecule has 10 heteroatoms. The number of hydrogen-bond acceptors (Lipinski definition) is 8. The van der Waals surface area contributed by atoms with E-state index in [1.54, 1.807) is 18.2 Å². The lowest BCUT2D eigenvalue weighted by atomic mass is 10.0. The van der Waals surface area contributed by atoms with Gasteiger partial charge in [-0.05, 0) is 54.8 Å². The minimum atomic E-state index is -0.941. The maximum atomic E-state index is 11.6. The summed E-state index contributed by atoms with van der Waals surface area (Å²) >= 11 is 0. The molecule has 0 spiro atoms. The normalized spacial score (nSPS) is 17.5. The van der Waals surface area contributed by atoms with Gasteiger partial charge in [0.1, 0.15) is 11.3 Å². The zero-order chi connectivity index (χ0) is 27.8. The lowest BCUT2D eigenvalue weighted by Crippen LogP contribution is -2.33. The Kier molecular flexibility index (Phi) is 6.69. The average Bonchev–Trinajstić information content (AvgIpc) is 3.54. The molecule has 3 aromatic heterocycles. The Balaban J connectivity index is 1.04. The number of nitrogens with zero attached hydrogens (tertiary/aromatic N) is 5. The Morgan fingerprint density at radius 3 is 2.73 bits per heavy atom. The summed E-state index contributed by atoms with van der Waals surface area (Å²) in [6, 6.07) is 18.6. The Hall–Kier alpha value is -4.54. The van der Waals surface area contributed by atoms with E-state index in [9.17, 15) is 9.90 Å². The summed E-state index contributed by atoms with van der Waals surface area (Å²) in [6.45, 7) is 3.92. The van der Waals surface area contributed by atoms with Crippen LogP contribution in [0, 0.1) is 0 Å². The summed E-state index contributed by atoms with van der Waals surface area (Å²) in [5.41, 5.74) is 5.52. The first kappa shape index (κ1) is 25.4. The van der Waals surface area contributed by atoms with Gasteiger partial charge < -0.3 is 23.6 Å². The summed E-state index contributed by atoms with van der Waals surface area (Å²) in [5.74, 6) is 1.02. The van der Waals surface area contributed by atoms with Crippen LogP contribution in [0.5, 0.6) is 5.88 Å². The van der Waals surface area contributed by atoms with Crippen LogP contribution in [0.3, 0.4) is 0 Å². The second-order valence-electron chi connectivity index (χ2n) is 10.4. The van der Waals surface area contributed by atoms with Crippen LogP contribution in [0.1, 0.15) is 40.6 Å². The van der Waals surface area contributed by atoms with Crippen LogP contribution >= 0.6 is 0 Å². The minimum absolute atomic E-state index is 0.135. The number of hydrogen-bond donors (Lipinski definition) is 1. The maximum Gasteiger partial charge on any atom is 0.335 e. The van der Waals surface area contributed by atoms with Gasteiger partial charge in [-0.25, -0.2) is 19.7 Å². The zero-order valence-electron chi connectivity index (χ0n) is 22.4. The molecule has 0 amide bonds. The molecule has 1 fully saturated rings. The summed E-state index contributed by atoms with van der Waals surface area (Å²) in [5, 5.41) is 9.50. The summed E-state index contributed by atoms with van der Waals surface area (Å²) in [6.07, 6.45) is 4.19. The van der Waals surface area contributed by atoms with Gasteiger partial charge in [0.15, 0.2) is 12.2 Å². The zero-order valence-corrected chi connectivity index (χ0v) is 22.4. The van der Waals surface area contributed by atoms with Crippen LogP contribution in [0.2, 0.25) is 0 Å². The number of ether oxygens (including phenoxy) is 2. The van der Waals surface area contributed by atoms with Crippen molar-refractivity contribution in [3.05, 3.63) is 89.7 Å². The highest BCUT2D eigenvalue weighted by Gasteiger charge is 2.24. The third-order valence-corrected chi connectivity index (χ3v) is 7.65. The van der Waals surface area contributed by atoms with Crippen molar-refractivity contribution < 1.29 is 23.8 Å². The number of para-hydroxylation sites is 2. The van der Waals surface area contributed by atoms with Gasteiger partial charge >= 0.3 is 5.97 Å². The van der Waals surface area contributed by atoms with Gasteiger partial charge in [0, 0.05) is 25.8 Å². The number of carboxylic acids is 1. The van der Waals surface area contributed by atoms with Crippen molar-refractivity contribution in [3.8, 4) is 5.88 Å². The molecule has 1 atom stereocenters. The number of aromatic carboxylic acids is 1. The topological polar surface area (TPSA) is 116 Å². The van der Waals surface area contributed by atoms with E-state index in [1.165, 1.54) is 5.57 Å². The van der Waals surface area contributed by atoms with E-state index in [0.29, 0.717) is 24.9 Å². The molecule has 41 heavy (non-hydrogen) atoms. The van der Waals surface area contributed by atoms with Crippen LogP contribution in [0.4, 0.5) is 0 Å². The Labute approximate surface area is 235 Å². The first-order chi connectivity index (χ1) is 20.1. The van der Waals surface area contributed by atoms with Gasteiger partial charge in [0.25, 0.3) is 0 Å². The third kappa shape index (κ3) is 5.31. The average molecular weight is 552 g/mol. The fraction of sp³-hybridized carbons (Fsp3) is 0.290. The van der Waals surface area contributed by atoms with E-state index in [4.69, 9.17) is 23.9 Å². The monoisotopic (exact) mass is 551 g/mol. The van der Waals surface area contributed by atoms with Crippen molar-refractivity contribution in [1.82, 2.24) is 24.4 Å². The number of fused-ring (bicyclic) bond motifs is 2. The molecule has 0 aliphatic carbocycles. The predicted octanol–water partition coefficient (Wildman–Crippen LogP) is 4.93. The molecule has 5 heterocycles. The number of oxazole rings is 1. The SMILES string of the molecule is O=C(O)c1ccc2nc(CN3CC=C(c4cccc(OCc5nc6ccccc6o5)n4)CC3)n(C[C@@H]3CCO3)c2c1. The molecule has 2 aliphatic heterocycles. The van der Waals surface area contributed by atoms with Crippen LogP contribution in [0.15, 0.2) is 71.2 Å². The molecule has 7 rings (SSSR count). The van der Waals surface area contributed by atoms with E-state index >= 15 is 0 Å². The fourth-order valence-corrected chi connectivity index (χ4v) is 5.34. The molecule has 0 unspecified atom stereocenters. The highest BCUT2D eigenvalue weighted by Crippen LogP contribution is 2.27. The molecule has 5 aromatic rings. The number of imidazole rings is 1. The minimum Gasteiger partial charge on any atom is -0.478 e. The number of carbonyl (C=O) groups is 1. The lowest BCUT2D eigenvalue weighted by Gasteiger charge is -2.29. The predicted molar refractivity (Wildman–Crippen MR) is 151 cm³/mol. The van der Waals surface area contributed by atoms with Crippen molar-refractivity contribution in [2.24, 2.45) is 0 Å². The highest BCUT2D eigenvalue weighted by atomic mass is 16.5. The second kappa shape index (κ2) is 10.8. The van der Waals surface area contributed by atoms with Crippen LogP contribution < -0.4 is 4.74 Å². The quantitative estimate of drug-likeness (QED) is 0.272. The highest BCUT2D eigenvalue weighted by molar-refractivity contribution is 5.92. The molecule has 2 aromatic carbocycles. The van der Waals surface area contributed by atoms with Crippen molar-refractivity contribution >= 4 is 33.7 Å². The van der Waals surface area contributed by atoms with Gasteiger partial charge in [-0.2, -0.15) is 0 Å².